The molecule has 0 bridgehead atoms. The van der Waals surface area contributed by atoms with Crippen LogP contribution in [0.15, 0.2) is 41.8 Å². The van der Waals surface area contributed by atoms with Gasteiger partial charge < -0.3 is 9.77 Å². The van der Waals surface area contributed by atoms with Gasteiger partial charge in [-0.15, -0.1) is 0 Å². The molecule has 1 aromatic carbocycles. The predicted octanol–water partition coefficient (Wildman–Crippen LogP) is 1.55. The van der Waals surface area contributed by atoms with E-state index in [0.29, 0.717) is 11.4 Å². The highest BCUT2D eigenvalue weighted by Gasteiger charge is 2.14. The van der Waals surface area contributed by atoms with E-state index in [1.165, 1.54) is 24.3 Å². The van der Waals surface area contributed by atoms with Crippen molar-refractivity contribution in [1.82, 2.24) is 9.55 Å². The van der Waals surface area contributed by atoms with Crippen LogP contribution in [0.5, 0.6) is 0 Å². The molecule has 0 aliphatic rings. The highest BCUT2D eigenvalue weighted by molar-refractivity contribution is 6.10. The SMILES string of the molecule is Cn1ccnc1/C(=N/O)c1ccc([N+](=O)[O-])cc1. The maximum absolute atomic E-state index is 10.5. The van der Waals surface area contributed by atoms with Crippen molar-refractivity contribution >= 4 is 11.4 Å². The molecule has 0 amide bonds. The standard InChI is InChI=1S/C11H10N4O3/c1-14-7-6-12-11(14)10(13-16)8-2-4-9(5-3-8)15(17)18/h2-7,16H,1H3/b13-10+. The van der Waals surface area contributed by atoms with Crippen molar-refractivity contribution in [3.8, 4) is 0 Å². The summed E-state index contributed by atoms with van der Waals surface area (Å²) < 4.78 is 1.69. The minimum absolute atomic E-state index is 0.0177. The van der Waals surface area contributed by atoms with Gasteiger partial charge in [-0.25, -0.2) is 4.98 Å². The third kappa shape index (κ3) is 2.05. The molecule has 1 N–H and O–H groups in total. The molecule has 1 aromatic heterocycles. The number of nitro groups is 1. The second kappa shape index (κ2) is 4.66. The van der Waals surface area contributed by atoms with E-state index in [1.54, 1.807) is 24.0 Å². The lowest BCUT2D eigenvalue weighted by atomic mass is 10.1. The van der Waals surface area contributed by atoms with Crippen LogP contribution >= 0.6 is 0 Å². The number of rotatable bonds is 3. The fraction of sp³-hybridized carbons (Fsp3) is 0.0909. The molecule has 0 fully saturated rings. The zero-order chi connectivity index (χ0) is 13.1. The first-order valence-corrected chi connectivity index (χ1v) is 5.08. The predicted molar refractivity (Wildman–Crippen MR) is 63.7 cm³/mol. The summed E-state index contributed by atoms with van der Waals surface area (Å²) >= 11 is 0. The summed E-state index contributed by atoms with van der Waals surface area (Å²) in [6.07, 6.45) is 3.29. The Bertz CT molecular complexity index is 601. The van der Waals surface area contributed by atoms with Gasteiger partial charge in [-0.05, 0) is 12.1 Å². The Balaban J connectivity index is 2.41. The number of benzene rings is 1. The first-order chi connectivity index (χ1) is 8.63. The Morgan fingerprint density at radius 2 is 2.11 bits per heavy atom. The van der Waals surface area contributed by atoms with Crippen LogP contribution in [0.3, 0.4) is 0 Å². The van der Waals surface area contributed by atoms with Crippen molar-refractivity contribution < 1.29 is 10.1 Å². The van der Waals surface area contributed by atoms with E-state index in [1.807, 2.05) is 0 Å². The molecule has 0 aliphatic carbocycles. The topological polar surface area (TPSA) is 93.5 Å². The second-order valence-corrected chi connectivity index (χ2v) is 3.61. The van der Waals surface area contributed by atoms with Gasteiger partial charge >= 0.3 is 0 Å². The molecule has 7 heteroatoms. The van der Waals surface area contributed by atoms with Crippen LogP contribution in [0.1, 0.15) is 11.4 Å². The average Bonchev–Trinajstić information content (AvgIpc) is 2.78. The zero-order valence-corrected chi connectivity index (χ0v) is 9.52. The van der Waals surface area contributed by atoms with Gasteiger partial charge in [0.2, 0.25) is 0 Å². The van der Waals surface area contributed by atoms with Crippen LogP contribution in [0.4, 0.5) is 5.69 Å². The number of aryl methyl sites for hydroxylation is 1. The summed E-state index contributed by atoms with van der Waals surface area (Å²) in [7, 11) is 1.76. The highest BCUT2D eigenvalue weighted by atomic mass is 16.6. The van der Waals surface area contributed by atoms with Crippen LogP contribution < -0.4 is 0 Å². The van der Waals surface area contributed by atoms with Gasteiger partial charge in [-0.2, -0.15) is 0 Å². The van der Waals surface area contributed by atoms with Gasteiger partial charge in [0.25, 0.3) is 5.69 Å². The Hall–Kier alpha value is -2.70. The Morgan fingerprint density at radius 1 is 1.44 bits per heavy atom. The van der Waals surface area contributed by atoms with Gasteiger partial charge in [-0.3, -0.25) is 10.1 Å². The third-order valence-corrected chi connectivity index (χ3v) is 2.48. The van der Waals surface area contributed by atoms with Gasteiger partial charge in [0, 0.05) is 37.1 Å². The zero-order valence-electron chi connectivity index (χ0n) is 9.52. The summed E-state index contributed by atoms with van der Waals surface area (Å²) in [5.41, 5.74) is 0.797. The molecule has 2 rings (SSSR count). The third-order valence-electron chi connectivity index (χ3n) is 2.48. The molecule has 18 heavy (non-hydrogen) atoms. The van der Waals surface area contributed by atoms with Crippen LogP contribution in [0.2, 0.25) is 0 Å². The van der Waals surface area contributed by atoms with Crippen molar-refractivity contribution in [2.24, 2.45) is 12.2 Å². The average molecular weight is 246 g/mol. The van der Waals surface area contributed by atoms with Crippen LogP contribution in [-0.4, -0.2) is 25.4 Å². The number of aromatic nitrogens is 2. The molecule has 1 heterocycles. The molecule has 0 unspecified atom stereocenters. The summed E-state index contributed by atoms with van der Waals surface area (Å²) in [4.78, 5) is 14.1. The molecule has 2 aromatic rings. The minimum Gasteiger partial charge on any atom is -0.410 e. The summed E-state index contributed by atoms with van der Waals surface area (Å²) in [6, 6.07) is 5.73. The highest BCUT2D eigenvalue weighted by Crippen LogP contribution is 2.15. The molecule has 0 radical (unpaired) electrons. The van der Waals surface area contributed by atoms with E-state index in [2.05, 4.69) is 10.1 Å². The maximum atomic E-state index is 10.5. The summed E-state index contributed by atoms with van der Waals surface area (Å²) in [5.74, 6) is 0.478. The van der Waals surface area contributed by atoms with Crippen LogP contribution in [0.25, 0.3) is 0 Å². The normalized spacial score (nSPS) is 11.5. The van der Waals surface area contributed by atoms with E-state index in [-0.39, 0.29) is 11.4 Å². The fourth-order valence-electron chi connectivity index (χ4n) is 1.57. The maximum Gasteiger partial charge on any atom is 0.269 e. The van der Waals surface area contributed by atoms with Crippen molar-refractivity contribution in [2.45, 2.75) is 0 Å². The first kappa shape index (κ1) is 11.8. The van der Waals surface area contributed by atoms with E-state index >= 15 is 0 Å². The summed E-state index contributed by atoms with van der Waals surface area (Å²) in [6.45, 7) is 0. The molecular weight excluding hydrogens is 236 g/mol. The minimum atomic E-state index is -0.486. The molecular formula is C11H10N4O3. The van der Waals surface area contributed by atoms with E-state index < -0.39 is 4.92 Å². The lowest BCUT2D eigenvalue weighted by Gasteiger charge is -2.04. The largest absolute Gasteiger partial charge is 0.410 e. The number of oxime groups is 1. The number of nitrogens with zero attached hydrogens (tertiary/aromatic N) is 4. The number of imidazole rings is 1. The van der Waals surface area contributed by atoms with Crippen LogP contribution in [0, 0.1) is 10.1 Å². The molecule has 0 spiro atoms. The molecule has 7 nitrogen and oxygen atoms in total. The van der Waals surface area contributed by atoms with E-state index in [0.717, 1.165) is 0 Å². The molecule has 0 saturated carbocycles. The first-order valence-electron chi connectivity index (χ1n) is 5.08. The molecule has 0 aliphatic heterocycles. The van der Waals surface area contributed by atoms with E-state index in [4.69, 9.17) is 5.21 Å². The number of nitro benzene ring substituents is 1. The number of hydrogen-bond donors (Lipinski definition) is 1. The number of non-ortho nitro benzene ring substituents is 1. The molecule has 0 atom stereocenters. The Kier molecular flexibility index (Phi) is 3.05. The Labute approximate surface area is 102 Å². The Morgan fingerprint density at radius 3 is 2.56 bits per heavy atom. The lowest BCUT2D eigenvalue weighted by Crippen LogP contribution is -2.10. The molecule has 92 valence electrons. The van der Waals surface area contributed by atoms with Gasteiger partial charge in [0.1, 0.15) is 0 Å². The van der Waals surface area contributed by atoms with Gasteiger partial charge in [0.05, 0.1) is 4.92 Å². The van der Waals surface area contributed by atoms with Crippen molar-refractivity contribution in [2.75, 3.05) is 0 Å². The fourth-order valence-corrected chi connectivity index (χ4v) is 1.57. The lowest BCUT2D eigenvalue weighted by molar-refractivity contribution is -0.384. The van der Waals surface area contributed by atoms with Crippen molar-refractivity contribution in [3.63, 3.8) is 0 Å². The second-order valence-electron chi connectivity index (χ2n) is 3.61. The quantitative estimate of drug-likeness (QED) is 0.385. The van der Waals surface area contributed by atoms with Gasteiger partial charge in [0.15, 0.2) is 11.5 Å². The monoisotopic (exact) mass is 246 g/mol. The smallest absolute Gasteiger partial charge is 0.269 e. The number of hydrogen-bond acceptors (Lipinski definition) is 5. The van der Waals surface area contributed by atoms with Crippen molar-refractivity contribution in [3.05, 3.63) is 58.2 Å². The summed E-state index contributed by atoms with van der Waals surface area (Å²) in [5, 5.41) is 22.8. The van der Waals surface area contributed by atoms with Crippen molar-refractivity contribution in [1.29, 1.82) is 0 Å². The van der Waals surface area contributed by atoms with E-state index in [9.17, 15) is 10.1 Å². The van der Waals surface area contributed by atoms with Gasteiger partial charge in [-0.1, -0.05) is 5.16 Å². The van der Waals surface area contributed by atoms with Crippen LogP contribution in [-0.2, 0) is 7.05 Å². The molecule has 0 saturated heterocycles.